The molecule has 0 unspecified atom stereocenters. The van der Waals surface area contributed by atoms with Gasteiger partial charge in [-0.05, 0) is 0 Å². The number of nitriles is 1. The summed E-state index contributed by atoms with van der Waals surface area (Å²) in [5.41, 5.74) is 0. The molecule has 0 aliphatic rings. The zero-order chi connectivity index (χ0) is 2.71. The van der Waals surface area contributed by atoms with Crippen molar-refractivity contribution in [1.82, 2.24) is 0 Å². The number of rotatable bonds is 0. The molecule has 1 radical (unpaired) electrons. The molecule has 0 bridgehead atoms. The molecule has 0 rings (SSSR count). The molecular weight excluding hydrogens is 61.0 g/mol. The molecule has 0 aromatic heterocycles. The Morgan fingerprint density at radius 2 is 1.75 bits per heavy atom. The average molecular weight is 64.0 g/mol. The normalized spacial score (nSPS) is 2.00. The van der Waals surface area contributed by atoms with E-state index in [1.165, 1.54) is 6.92 Å². The molecule has 0 spiro atoms. The van der Waals surface area contributed by atoms with Gasteiger partial charge in [0, 0.05) is 36.5 Å². The minimum absolute atomic E-state index is 0. The molecule has 0 N–H and O–H groups in total. The minimum Gasteiger partial charge on any atom is -0.199 e. The Bertz CT molecular complexity index is 27.5. The molecule has 0 amide bonds. The van der Waals surface area contributed by atoms with Crippen LogP contribution in [0.3, 0.4) is 0 Å². The van der Waals surface area contributed by atoms with Gasteiger partial charge in [0.05, 0.1) is 6.07 Å². The van der Waals surface area contributed by atoms with Crippen LogP contribution in [0.25, 0.3) is 0 Å². The van der Waals surface area contributed by atoms with Gasteiger partial charge in [0.15, 0.2) is 0 Å². The maximum absolute atomic E-state index is 7.32. The third-order valence-electron chi connectivity index (χ3n) is 0. The first-order valence-corrected chi connectivity index (χ1v) is 0.724. The molecule has 4 heavy (non-hydrogen) atoms. The molecule has 17 valence electrons. The Kier molecular flexibility index (Phi) is 21.5. The van der Waals surface area contributed by atoms with Crippen LogP contribution in [0.2, 0.25) is 0 Å². The van der Waals surface area contributed by atoms with Gasteiger partial charge in [0.25, 0.3) is 0 Å². The summed E-state index contributed by atoms with van der Waals surface area (Å²) in [6.07, 6.45) is 0. The van der Waals surface area contributed by atoms with E-state index in [4.69, 9.17) is 5.26 Å². The quantitative estimate of drug-likeness (QED) is 0.368. The molecule has 0 aliphatic carbocycles. The standard InChI is InChI=1S/C2H3N.Na/c1-2-3;/h1H3;. The summed E-state index contributed by atoms with van der Waals surface area (Å²) in [6.45, 7) is 1.43. The summed E-state index contributed by atoms with van der Waals surface area (Å²) >= 11 is 0. The summed E-state index contributed by atoms with van der Waals surface area (Å²) in [5, 5.41) is 7.32. The van der Waals surface area contributed by atoms with Gasteiger partial charge in [0.2, 0.25) is 0 Å². The van der Waals surface area contributed by atoms with E-state index in [0.717, 1.165) is 0 Å². The molecule has 0 saturated carbocycles. The fourth-order valence-electron chi connectivity index (χ4n) is 0. The second-order valence-corrected chi connectivity index (χ2v) is 0.224. The van der Waals surface area contributed by atoms with Gasteiger partial charge in [0.1, 0.15) is 0 Å². The molecular formula is C2H3NNa. The summed E-state index contributed by atoms with van der Waals surface area (Å²) < 4.78 is 0. The molecule has 0 aromatic rings. The molecule has 0 heterocycles. The van der Waals surface area contributed by atoms with Crippen LogP contribution < -0.4 is 0 Å². The fourth-order valence-corrected chi connectivity index (χ4v) is 0. The molecule has 1 nitrogen and oxygen atoms in total. The van der Waals surface area contributed by atoms with Crippen molar-refractivity contribution < 1.29 is 0 Å². The molecule has 0 fully saturated rings. The number of nitrogens with zero attached hydrogens (tertiary/aromatic N) is 1. The molecule has 0 atom stereocenters. The van der Waals surface area contributed by atoms with Gasteiger partial charge in [-0.15, -0.1) is 0 Å². The molecule has 2 heteroatoms. The van der Waals surface area contributed by atoms with Crippen LogP contribution in [0.5, 0.6) is 0 Å². The molecule has 0 aromatic carbocycles. The maximum Gasteiger partial charge on any atom is 0.0587 e. The first-order valence-electron chi connectivity index (χ1n) is 0.724. The van der Waals surface area contributed by atoms with E-state index in [0.29, 0.717) is 0 Å². The summed E-state index contributed by atoms with van der Waals surface area (Å²) in [4.78, 5) is 0. The Hall–Kier alpha value is 0.490. The van der Waals surface area contributed by atoms with Gasteiger partial charge in [-0.2, -0.15) is 5.26 Å². The summed E-state index contributed by atoms with van der Waals surface area (Å²) in [7, 11) is 0. The van der Waals surface area contributed by atoms with Crippen molar-refractivity contribution >= 4 is 29.6 Å². The van der Waals surface area contributed by atoms with Crippen molar-refractivity contribution in [2.75, 3.05) is 0 Å². The third-order valence-corrected chi connectivity index (χ3v) is 0. The predicted octanol–water partition coefficient (Wildman–Crippen LogP) is 0.149. The third kappa shape index (κ3) is 23.0. The largest absolute Gasteiger partial charge is 0.199 e. The summed E-state index contributed by atoms with van der Waals surface area (Å²) in [6, 6.07) is 1.75. The molecule has 0 saturated heterocycles. The fraction of sp³-hybridized carbons (Fsp3) is 0.500. The van der Waals surface area contributed by atoms with E-state index in [9.17, 15) is 0 Å². The van der Waals surface area contributed by atoms with Crippen molar-refractivity contribution in [2.45, 2.75) is 6.92 Å². The number of hydrogen-bond acceptors (Lipinski definition) is 1. The van der Waals surface area contributed by atoms with Crippen LogP contribution in [0.1, 0.15) is 6.92 Å². The van der Waals surface area contributed by atoms with Crippen LogP contribution in [0, 0.1) is 11.3 Å². The summed E-state index contributed by atoms with van der Waals surface area (Å²) in [5.74, 6) is 0. The van der Waals surface area contributed by atoms with Crippen molar-refractivity contribution in [3.63, 3.8) is 0 Å². The van der Waals surface area contributed by atoms with E-state index < -0.39 is 0 Å². The van der Waals surface area contributed by atoms with E-state index >= 15 is 0 Å². The monoisotopic (exact) mass is 64.0 g/mol. The second kappa shape index (κ2) is 9.75. The van der Waals surface area contributed by atoms with E-state index in [1.807, 2.05) is 0 Å². The van der Waals surface area contributed by atoms with Gasteiger partial charge in [-0.3, -0.25) is 0 Å². The zero-order valence-corrected chi connectivity index (χ0v) is 4.95. The van der Waals surface area contributed by atoms with Crippen LogP contribution in [0.4, 0.5) is 0 Å². The zero-order valence-electron chi connectivity index (χ0n) is 2.95. The molecule has 0 aliphatic heterocycles. The Balaban J connectivity index is 0. The number of hydrogen-bond donors (Lipinski definition) is 0. The Morgan fingerprint density at radius 3 is 1.75 bits per heavy atom. The van der Waals surface area contributed by atoms with Crippen LogP contribution in [0.15, 0.2) is 0 Å². The maximum atomic E-state index is 7.32. The van der Waals surface area contributed by atoms with Crippen molar-refractivity contribution in [1.29, 1.82) is 5.26 Å². The van der Waals surface area contributed by atoms with Gasteiger partial charge in [-0.1, -0.05) is 0 Å². The van der Waals surface area contributed by atoms with Crippen LogP contribution in [-0.2, 0) is 0 Å². The SMILES string of the molecule is CC#N.[Na]. The smallest absolute Gasteiger partial charge is 0.0587 e. The van der Waals surface area contributed by atoms with E-state index in [1.54, 1.807) is 6.07 Å². The van der Waals surface area contributed by atoms with Crippen LogP contribution in [-0.4, -0.2) is 29.6 Å². The van der Waals surface area contributed by atoms with Gasteiger partial charge < -0.3 is 0 Å². The van der Waals surface area contributed by atoms with Gasteiger partial charge >= 0.3 is 0 Å². The van der Waals surface area contributed by atoms with Crippen LogP contribution >= 0.6 is 0 Å². The van der Waals surface area contributed by atoms with Gasteiger partial charge in [-0.25, -0.2) is 0 Å². The van der Waals surface area contributed by atoms with Crippen molar-refractivity contribution in [3.05, 3.63) is 0 Å². The Morgan fingerprint density at radius 1 is 1.75 bits per heavy atom. The van der Waals surface area contributed by atoms with E-state index in [-0.39, 0.29) is 29.6 Å². The topological polar surface area (TPSA) is 23.8 Å². The first-order chi connectivity index (χ1) is 1.41. The minimum atomic E-state index is 0. The first kappa shape index (κ1) is 8.82. The second-order valence-electron chi connectivity index (χ2n) is 0.224. The van der Waals surface area contributed by atoms with Crippen molar-refractivity contribution in [2.24, 2.45) is 0 Å². The van der Waals surface area contributed by atoms with Crippen molar-refractivity contribution in [3.8, 4) is 6.07 Å². The average Bonchev–Trinajstić information content (AvgIpc) is 0.918. The Labute approximate surface area is 47.9 Å². The predicted molar refractivity (Wildman–Crippen MR) is 17.0 cm³/mol. The van der Waals surface area contributed by atoms with E-state index in [2.05, 4.69) is 0 Å².